The second-order valence-corrected chi connectivity index (χ2v) is 5.38. The number of aryl methyl sites for hydroxylation is 1. The van der Waals surface area contributed by atoms with E-state index in [9.17, 15) is 4.79 Å². The molecule has 0 N–H and O–H groups in total. The number of hydrogen-bond donors (Lipinski definition) is 0. The number of halogens is 1. The van der Waals surface area contributed by atoms with Gasteiger partial charge in [0.2, 0.25) is 5.78 Å². The van der Waals surface area contributed by atoms with Crippen molar-refractivity contribution in [2.45, 2.75) is 58.1 Å². The predicted octanol–water partition coefficient (Wildman–Crippen LogP) is 3.48. The van der Waals surface area contributed by atoms with Gasteiger partial charge in [0.15, 0.2) is 0 Å². The fourth-order valence-electron chi connectivity index (χ4n) is 2.88. The summed E-state index contributed by atoms with van der Waals surface area (Å²) < 4.78 is 7.53. The van der Waals surface area contributed by atoms with E-state index in [2.05, 4.69) is 5.10 Å². The van der Waals surface area contributed by atoms with Gasteiger partial charge in [-0.25, -0.2) is 0 Å². The van der Waals surface area contributed by atoms with E-state index in [1.165, 1.54) is 6.42 Å². The quantitative estimate of drug-likeness (QED) is 0.778. The summed E-state index contributed by atoms with van der Waals surface area (Å²) >= 11 is 6.14. The van der Waals surface area contributed by atoms with Crippen LogP contribution in [-0.2, 0) is 11.3 Å². The monoisotopic (exact) mass is 284 g/mol. The number of ketones is 1. The Kier molecular flexibility index (Phi) is 4.63. The third kappa shape index (κ3) is 2.70. The van der Waals surface area contributed by atoms with Crippen LogP contribution in [0.5, 0.6) is 0 Å². The van der Waals surface area contributed by atoms with Gasteiger partial charge in [0, 0.05) is 13.2 Å². The number of Topliss-reactive ketones (excluding diaryl/α,β-unsaturated/α-hetero) is 1. The molecule has 5 heteroatoms. The van der Waals surface area contributed by atoms with Crippen LogP contribution >= 0.6 is 11.6 Å². The van der Waals surface area contributed by atoms with E-state index in [-0.39, 0.29) is 5.78 Å². The first-order chi connectivity index (χ1) is 9.14. The number of rotatable bonds is 5. The van der Waals surface area contributed by atoms with Crippen molar-refractivity contribution in [2.24, 2.45) is 0 Å². The SMILES string of the molecule is CCOC1(C(=O)c2c(Cl)cnn2CC)CCCCC1. The number of hydrogen-bond acceptors (Lipinski definition) is 3. The van der Waals surface area contributed by atoms with Gasteiger partial charge in [-0.3, -0.25) is 9.48 Å². The number of carbonyl (C=O) groups excluding carboxylic acids is 1. The highest BCUT2D eigenvalue weighted by Crippen LogP contribution is 2.36. The van der Waals surface area contributed by atoms with Crippen molar-refractivity contribution in [3.63, 3.8) is 0 Å². The molecule has 0 amide bonds. The number of nitrogens with zero attached hydrogens (tertiary/aromatic N) is 2. The molecule has 1 fully saturated rings. The molecule has 1 aliphatic carbocycles. The largest absolute Gasteiger partial charge is 0.367 e. The fraction of sp³-hybridized carbons (Fsp3) is 0.714. The van der Waals surface area contributed by atoms with Crippen LogP contribution in [0.4, 0.5) is 0 Å². The van der Waals surface area contributed by atoms with Crippen LogP contribution in [0, 0.1) is 0 Å². The molecule has 1 saturated carbocycles. The molecule has 1 heterocycles. The van der Waals surface area contributed by atoms with Crippen molar-refractivity contribution in [3.05, 3.63) is 16.9 Å². The van der Waals surface area contributed by atoms with Gasteiger partial charge in [0.05, 0.1) is 11.2 Å². The van der Waals surface area contributed by atoms with Crippen molar-refractivity contribution in [3.8, 4) is 0 Å². The summed E-state index contributed by atoms with van der Waals surface area (Å²) in [6.07, 6.45) is 6.34. The number of aromatic nitrogens is 2. The Hall–Kier alpha value is -0.870. The molecular weight excluding hydrogens is 264 g/mol. The Bertz CT molecular complexity index is 445. The molecule has 2 rings (SSSR count). The minimum absolute atomic E-state index is 0.00148. The molecule has 19 heavy (non-hydrogen) atoms. The molecular formula is C14H21ClN2O2. The van der Waals surface area contributed by atoms with Crippen molar-refractivity contribution in [1.29, 1.82) is 0 Å². The van der Waals surface area contributed by atoms with Crippen LogP contribution in [0.1, 0.15) is 56.4 Å². The Labute approximate surface area is 119 Å². The molecule has 0 atom stereocenters. The predicted molar refractivity (Wildman–Crippen MR) is 74.7 cm³/mol. The van der Waals surface area contributed by atoms with Crippen molar-refractivity contribution in [2.75, 3.05) is 6.61 Å². The van der Waals surface area contributed by atoms with Crippen LogP contribution in [0.2, 0.25) is 5.02 Å². The van der Waals surface area contributed by atoms with Crippen LogP contribution < -0.4 is 0 Å². The molecule has 0 unspecified atom stereocenters. The molecule has 0 aromatic carbocycles. The van der Waals surface area contributed by atoms with Gasteiger partial charge >= 0.3 is 0 Å². The third-order valence-corrected chi connectivity index (χ3v) is 4.08. The average molecular weight is 285 g/mol. The number of ether oxygens (including phenoxy) is 1. The first-order valence-corrected chi connectivity index (χ1v) is 7.42. The first kappa shape index (κ1) is 14.5. The molecule has 0 bridgehead atoms. The Morgan fingerprint density at radius 3 is 2.68 bits per heavy atom. The van der Waals surface area contributed by atoms with E-state index in [4.69, 9.17) is 16.3 Å². The summed E-state index contributed by atoms with van der Waals surface area (Å²) in [5.74, 6) is -0.00148. The van der Waals surface area contributed by atoms with Gasteiger partial charge in [-0.1, -0.05) is 30.9 Å². The van der Waals surface area contributed by atoms with E-state index >= 15 is 0 Å². The van der Waals surface area contributed by atoms with E-state index in [1.807, 2.05) is 13.8 Å². The number of carbonyl (C=O) groups is 1. The second-order valence-electron chi connectivity index (χ2n) is 4.97. The summed E-state index contributed by atoms with van der Waals surface area (Å²) in [5.41, 5.74) is -0.191. The summed E-state index contributed by atoms with van der Waals surface area (Å²) in [4.78, 5) is 12.9. The van der Waals surface area contributed by atoms with Crippen LogP contribution in [-0.4, -0.2) is 27.8 Å². The lowest BCUT2D eigenvalue weighted by Gasteiger charge is -2.35. The zero-order valence-corrected chi connectivity index (χ0v) is 12.4. The Morgan fingerprint density at radius 2 is 2.11 bits per heavy atom. The molecule has 0 spiro atoms. The van der Waals surface area contributed by atoms with Gasteiger partial charge in [-0.2, -0.15) is 5.10 Å². The molecule has 1 aromatic rings. The molecule has 106 valence electrons. The summed E-state index contributed by atoms with van der Waals surface area (Å²) in [6.45, 7) is 5.07. The molecule has 4 nitrogen and oxygen atoms in total. The van der Waals surface area contributed by atoms with E-state index < -0.39 is 5.60 Å². The van der Waals surface area contributed by atoms with Gasteiger partial charge < -0.3 is 4.74 Å². The van der Waals surface area contributed by atoms with Gasteiger partial charge in [-0.15, -0.1) is 0 Å². The Morgan fingerprint density at radius 1 is 1.42 bits per heavy atom. The molecule has 0 saturated heterocycles. The van der Waals surface area contributed by atoms with Crippen LogP contribution in [0.15, 0.2) is 6.20 Å². The minimum Gasteiger partial charge on any atom is -0.367 e. The third-order valence-electron chi connectivity index (χ3n) is 3.81. The Balaban J connectivity index is 2.36. The normalized spacial score (nSPS) is 18.5. The lowest BCUT2D eigenvalue weighted by Crippen LogP contribution is -2.44. The fourth-order valence-corrected chi connectivity index (χ4v) is 3.11. The van der Waals surface area contributed by atoms with Crippen LogP contribution in [0.3, 0.4) is 0 Å². The first-order valence-electron chi connectivity index (χ1n) is 7.04. The highest BCUT2D eigenvalue weighted by atomic mass is 35.5. The lowest BCUT2D eigenvalue weighted by atomic mass is 9.80. The standard InChI is InChI=1S/C14H21ClN2O2/c1-3-17-12(11(15)10-16-17)13(18)14(19-4-2)8-6-5-7-9-14/h10H,3-9H2,1-2H3. The van der Waals surface area contributed by atoms with Gasteiger partial charge in [-0.05, 0) is 26.7 Å². The molecule has 1 aromatic heterocycles. The van der Waals surface area contributed by atoms with E-state index in [0.29, 0.717) is 23.9 Å². The topological polar surface area (TPSA) is 44.1 Å². The van der Waals surface area contributed by atoms with E-state index in [1.54, 1.807) is 10.9 Å². The summed E-state index contributed by atoms with van der Waals surface area (Å²) in [6, 6.07) is 0. The maximum absolute atomic E-state index is 12.9. The van der Waals surface area contributed by atoms with Crippen molar-refractivity contribution < 1.29 is 9.53 Å². The maximum Gasteiger partial charge on any atom is 0.214 e. The highest BCUT2D eigenvalue weighted by Gasteiger charge is 2.42. The molecule has 0 radical (unpaired) electrons. The highest BCUT2D eigenvalue weighted by molar-refractivity contribution is 6.34. The van der Waals surface area contributed by atoms with Gasteiger partial charge in [0.1, 0.15) is 11.3 Å². The summed E-state index contributed by atoms with van der Waals surface area (Å²) in [5, 5.41) is 4.58. The minimum atomic E-state index is -0.691. The second kappa shape index (κ2) is 6.06. The average Bonchev–Trinajstić information content (AvgIpc) is 2.80. The zero-order chi connectivity index (χ0) is 13.9. The molecule has 1 aliphatic rings. The van der Waals surface area contributed by atoms with Gasteiger partial charge in [0.25, 0.3) is 0 Å². The maximum atomic E-state index is 12.9. The molecule has 0 aliphatic heterocycles. The lowest BCUT2D eigenvalue weighted by molar-refractivity contribution is -0.0417. The van der Waals surface area contributed by atoms with Crippen molar-refractivity contribution in [1.82, 2.24) is 9.78 Å². The van der Waals surface area contributed by atoms with Crippen molar-refractivity contribution >= 4 is 17.4 Å². The van der Waals surface area contributed by atoms with E-state index in [0.717, 1.165) is 25.7 Å². The smallest absolute Gasteiger partial charge is 0.214 e. The van der Waals surface area contributed by atoms with Crippen LogP contribution in [0.25, 0.3) is 0 Å². The zero-order valence-electron chi connectivity index (χ0n) is 11.6. The summed E-state index contributed by atoms with van der Waals surface area (Å²) in [7, 11) is 0.